The summed E-state index contributed by atoms with van der Waals surface area (Å²) in [6, 6.07) is 9.78. The number of nitrogens with one attached hydrogen (secondary N) is 1. The molecule has 5 heteroatoms. The van der Waals surface area contributed by atoms with Gasteiger partial charge in [0.05, 0.1) is 24.8 Å². The summed E-state index contributed by atoms with van der Waals surface area (Å²) in [5.41, 5.74) is 3.44. The molecule has 1 saturated heterocycles. The van der Waals surface area contributed by atoms with Crippen molar-refractivity contribution >= 4 is 11.8 Å². The van der Waals surface area contributed by atoms with Gasteiger partial charge in [-0.25, -0.2) is 0 Å². The van der Waals surface area contributed by atoms with Gasteiger partial charge in [0.2, 0.25) is 11.8 Å². The van der Waals surface area contributed by atoms with E-state index in [1.54, 1.807) is 17.2 Å². The Kier molecular flexibility index (Phi) is 4.93. The number of hydrogen-bond acceptors (Lipinski definition) is 3. The van der Waals surface area contributed by atoms with E-state index in [1.165, 1.54) is 5.56 Å². The second-order valence-electron chi connectivity index (χ2n) is 6.84. The fourth-order valence-electron chi connectivity index (χ4n) is 3.33. The lowest BCUT2D eigenvalue weighted by atomic mass is 9.99. The van der Waals surface area contributed by atoms with E-state index < -0.39 is 0 Å². The molecule has 2 unspecified atom stereocenters. The van der Waals surface area contributed by atoms with Crippen LogP contribution < -0.4 is 5.32 Å². The molecule has 132 valence electrons. The van der Waals surface area contributed by atoms with Crippen LogP contribution in [0.25, 0.3) is 0 Å². The average molecular weight is 340 g/mol. The summed E-state index contributed by atoms with van der Waals surface area (Å²) >= 11 is 0. The van der Waals surface area contributed by atoms with Gasteiger partial charge in [-0.3, -0.25) is 9.59 Å². The van der Waals surface area contributed by atoms with Gasteiger partial charge in [-0.15, -0.1) is 0 Å². The molecule has 2 atom stereocenters. The van der Waals surface area contributed by atoms with Crippen molar-refractivity contribution in [1.82, 2.24) is 10.2 Å². The third kappa shape index (κ3) is 3.92. The van der Waals surface area contributed by atoms with Crippen molar-refractivity contribution in [2.24, 2.45) is 5.92 Å². The van der Waals surface area contributed by atoms with Gasteiger partial charge in [0.25, 0.3) is 0 Å². The maximum absolute atomic E-state index is 12.6. The summed E-state index contributed by atoms with van der Waals surface area (Å²) in [6.45, 7) is 6.92. The first-order chi connectivity index (χ1) is 11.9. The number of furan rings is 1. The average Bonchev–Trinajstić information content (AvgIpc) is 3.20. The number of benzene rings is 1. The van der Waals surface area contributed by atoms with Gasteiger partial charge in [0.15, 0.2) is 0 Å². The van der Waals surface area contributed by atoms with Crippen molar-refractivity contribution in [3.63, 3.8) is 0 Å². The molecule has 2 amide bonds. The highest BCUT2D eigenvalue weighted by molar-refractivity contribution is 5.89. The fraction of sp³-hybridized carbons (Fsp3) is 0.400. The van der Waals surface area contributed by atoms with Crippen LogP contribution in [-0.2, 0) is 16.1 Å². The summed E-state index contributed by atoms with van der Waals surface area (Å²) in [5, 5.41) is 3.06. The number of likely N-dealkylation sites (tertiary alicyclic amines) is 1. The van der Waals surface area contributed by atoms with E-state index in [1.807, 2.05) is 26.8 Å². The van der Waals surface area contributed by atoms with Crippen LogP contribution in [0, 0.1) is 19.8 Å². The van der Waals surface area contributed by atoms with Crippen LogP contribution in [0.5, 0.6) is 0 Å². The molecule has 1 aliphatic rings. The maximum Gasteiger partial charge on any atom is 0.225 e. The lowest BCUT2D eigenvalue weighted by Crippen LogP contribution is -2.34. The first-order valence-corrected chi connectivity index (χ1v) is 8.61. The summed E-state index contributed by atoms with van der Waals surface area (Å²) in [4.78, 5) is 26.5. The predicted molar refractivity (Wildman–Crippen MR) is 94.7 cm³/mol. The summed E-state index contributed by atoms with van der Waals surface area (Å²) in [7, 11) is 0. The fourth-order valence-corrected chi connectivity index (χ4v) is 3.33. The Balaban J connectivity index is 1.61. The number of amides is 2. The van der Waals surface area contributed by atoms with E-state index in [4.69, 9.17) is 4.42 Å². The van der Waals surface area contributed by atoms with Crippen molar-refractivity contribution in [1.29, 1.82) is 0 Å². The van der Waals surface area contributed by atoms with E-state index in [0.29, 0.717) is 13.1 Å². The van der Waals surface area contributed by atoms with E-state index in [0.717, 1.165) is 16.9 Å². The number of carbonyl (C=O) groups is 2. The molecule has 0 radical (unpaired) electrons. The minimum Gasteiger partial charge on any atom is -0.467 e. The molecule has 2 heterocycles. The third-order valence-electron chi connectivity index (χ3n) is 4.77. The molecule has 1 aromatic carbocycles. The quantitative estimate of drug-likeness (QED) is 0.909. The lowest BCUT2D eigenvalue weighted by Gasteiger charge is -2.20. The van der Waals surface area contributed by atoms with E-state index in [9.17, 15) is 9.59 Å². The van der Waals surface area contributed by atoms with Gasteiger partial charge in [0, 0.05) is 13.0 Å². The molecule has 0 spiro atoms. The van der Waals surface area contributed by atoms with Crippen LogP contribution in [-0.4, -0.2) is 23.3 Å². The maximum atomic E-state index is 12.6. The molecular weight excluding hydrogens is 316 g/mol. The molecule has 0 bridgehead atoms. The smallest absolute Gasteiger partial charge is 0.225 e. The first kappa shape index (κ1) is 17.3. The highest BCUT2D eigenvalue weighted by atomic mass is 16.3. The summed E-state index contributed by atoms with van der Waals surface area (Å²) in [5.74, 6) is 0.354. The van der Waals surface area contributed by atoms with Gasteiger partial charge >= 0.3 is 0 Å². The van der Waals surface area contributed by atoms with E-state index in [2.05, 4.69) is 23.5 Å². The zero-order chi connectivity index (χ0) is 18.0. The molecular formula is C20H24N2O3. The minimum absolute atomic E-state index is 0.00376. The second-order valence-corrected chi connectivity index (χ2v) is 6.84. The molecule has 0 aliphatic carbocycles. The van der Waals surface area contributed by atoms with Crippen LogP contribution in [0.2, 0.25) is 0 Å². The Morgan fingerprint density at radius 2 is 2.16 bits per heavy atom. The van der Waals surface area contributed by atoms with Gasteiger partial charge in [0.1, 0.15) is 5.76 Å². The Morgan fingerprint density at radius 3 is 2.88 bits per heavy atom. The zero-order valence-corrected chi connectivity index (χ0v) is 14.9. The first-order valence-electron chi connectivity index (χ1n) is 8.61. The zero-order valence-electron chi connectivity index (χ0n) is 14.9. The second kappa shape index (κ2) is 7.13. The van der Waals surface area contributed by atoms with Gasteiger partial charge in [-0.05, 0) is 44.0 Å². The number of rotatable bonds is 5. The monoisotopic (exact) mass is 340 g/mol. The Bertz CT molecular complexity index is 767. The number of nitrogens with zero attached hydrogens (tertiary/aromatic N) is 1. The van der Waals surface area contributed by atoms with Crippen LogP contribution in [0.15, 0.2) is 41.0 Å². The van der Waals surface area contributed by atoms with Gasteiger partial charge in [-0.1, -0.05) is 23.8 Å². The predicted octanol–water partition coefficient (Wildman–Crippen LogP) is 3.12. The Morgan fingerprint density at radius 1 is 1.36 bits per heavy atom. The molecule has 1 fully saturated rings. The summed E-state index contributed by atoms with van der Waals surface area (Å²) in [6.07, 6.45) is 1.85. The van der Waals surface area contributed by atoms with Crippen molar-refractivity contribution in [3.05, 3.63) is 59.0 Å². The molecule has 5 nitrogen and oxygen atoms in total. The molecule has 25 heavy (non-hydrogen) atoms. The number of aryl methyl sites for hydroxylation is 2. The number of hydrogen-bond donors (Lipinski definition) is 1. The van der Waals surface area contributed by atoms with Gasteiger partial charge < -0.3 is 14.6 Å². The van der Waals surface area contributed by atoms with Crippen LogP contribution in [0.1, 0.15) is 41.8 Å². The van der Waals surface area contributed by atoms with Crippen molar-refractivity contribution in [2.45, 2.75) is 39.8 Å². The molecule has 1 N–H and O–H groups in total. The Labute approximate surface area is 148 Å². The van der Waals surface area contributed by atoms with E-state index in [-0.39, 0.29) is 30.2 Å². The SMILES string of the molecule is Cc1ccc(C)c(C(C)NC(=O)C2CC(=O)N(Cc3ccco3)C2)c1. The van der Waals surface area contributed by atoms with E-state index >= 15 is 0 Å². The van der Waals surface area contributed by atoms with Crippen molar-refractivity contribution in [2.75, 3.05) is 6.54 Å². The third-order valence-corrected chi connectivity index (χ3v) is 4.77. The molecule has 1 aliphatic heterocycles. The number of carbonyl (C=O) groups excluding carboxylic acids is 2. The van der Waals surface area contributed by atoms with Crippen LogP contribution in [0.3, 0.4) is 0 Å². The highest BCUT2D eigenvalue weighted by Crippen LogP contribution is 2.23. The Hall–Kier alpha value is -2.56. The molecule has 3 rings (SSSR count). The minimum atomic E-state index is -0.310. The lowest BCUT2D eigenvalue weighted by molar-refractivity contribution is -0.129. The van der Waals surface area contributed by atoms with Gasteiger partial charge in [-0.2, -0.15) is 0 Å². The van der Waals surface area contributed by atoms with Crippen LogP contribution >= 0.6 is 0 Å². The largest absolute Gasteiger partial charge is 0.467 e. The summed E-state index contributed by atoms with van der Waals surface area (Å²) < 4.78 is 5.29. The highest BCUT2D eigenvalue weighted by Gasteiger charge is 2.35. The molecule has 2 aromatic rings. The normalized spacial score (nSPS) is 18.4. The standard InChI is InChI=1S/C20H24N2O3/c1-13-6-7-14(2)18(9-13)15(3)21-20(24)16-10-19(23)22(11-16)12-17-5-4-8-25-17/h4-9,15-16H,10-12H2,1-3H3,(H,21,24). The van der Waals surface area contributed by atoms with Crippen molar-refractivity contribution < 1.29 is 14.0 Å². The van der Waals surface area contributed by atoms with Crippen molar-refractivity contribution in [3.8, 4) is 0 Å². The topological polar surface area (TPSA) is 62.6 Å². The molecule has 0 saturated carbocycles. The van der Waals surface area contributed by atoms with Crippen LogP contribution in [0.4, 0.5) is 0 Å². The molecule has 1 aromatic heterocycles.